The van der Waals surface area contributed by atoms with E-state index in [1.807, 2.05) is 0 Å². The van der Waals surface area contributed by atoms with Crippen molar-refractivity contribution in [3.05, 3.63) is 29.8 Å². The predicted octanol–water partition coefficient (Wildman–Crippen LogP) is 4.04. The van der Waals surface area contributed by atoms with Crippen LogP contribution in [0.2, 0.25) is 0 Å². The van der Waals surface area contributed by atoms with Crippen molar-refractivity contribution in [2.24, 2.45) is 0 Å². The number of ether oxygens (including phenoxy) is 1. The first-order valence-electron chi connectivity index (χ1n) is 8.20. The number of benzene rings is 1. The molecule has 0 radical (unpaired) electrons. The number of amides is 1. The van der Waals surface area contributed by atoms with Crippen LogP contribution in [0.4, 0.5) is 26.3 Å². The molecular weight excluding hydrogens is 380 g/mol. The van der Waals surface area contributed by atoms with E-state index >= 15 is 0 Å². The van der Waals surface area contributed by atoms with Gasteiger partial charge in [0.05, 0.1) is 18.1 Å². The summed E-state index contributed by atoms with van der Waals surface area (Å²) in [6.45, 7) is -3.08. The van der Waals surface area contributed by atoms with Gasteiger partial charge in [-0.15, -0.1) is 0 Å². The Morgan fingerprint density at radius 2 is 1.85 bits per heavy atom. The maximum atomic E-state index is 12.9. The van der Waals surface area contributed by atoms with Crippen LogP contribution in [0.5, 0.6) is 5.75 Å². The number of alkyl halides is 6. The third-order valence-corrected chi connectivity index (χ3v) is 4.16. The van der Waals surface area contributed by atoms with Crippen LogP contribution >= 0.6 is 0 Å². The first-order chi connectivity index (χ1) is 12.5. The number of rotatable bonds is 9. The van der Waals surface area contributed by atoms with E-state index in [1.165, 1.54) is 24.3 Å². The molecule has 10 heteroatoms. The molecule has 1 saturated carbocycles. The number of nitrogens with one attached hydrogen (secondary N) is 1. The van der Waals surface area contributed by atoms with E-state index < -0.39 is 62.2 Å². The summed E-state index contributed by atoms with van der Waals surface area (Å²) in [6, 6.07) is 4.22. The Morgan fingerprint density at radius 1 is 1.19 bits per heavy atom. The zero-order chi connectivity index (χ0) is 20.2. The molecule has 1 aromatic carbocycles. The fourth-order valence-corrected chi connectivity index (χ4v) is 3.10. The number of halogens is 6. The molecule has 2 rings (SSSR count). The molecule has 1 aliphatic rings. The Labute approximate surface area is 151 Å². The van der Waals surface area contributed by atoms with Crippen molar-refractivity contribution in [3.63, 3.8) is 0 Å². The van der Waals surface area contributed by atoms with Gasteiger partial charge in [0.2, 0.25) is 12.3 Å². The van der Waals surface area contributed by atoms with Crippen molar-refractivity contribution < 1.29 is 41.0 Å². The van der Waals surface area contributed by atoms with E-state index in [1.54, 1.807) is 0 Å². The zero-order valence-corrected chi connectivity index (χ0v) is 14.1. The van der Waals surface area contributed by atoms with Gasteiger partial charge in [-0.05, 0) is 24.1 Å². The zero-order valence-electron chi connectivity index (χ0n) is 14.1. The van der Waals surface area contributed by atoms with Crippen molar-refractivity contribution in [2.75, 3.05) is 0 Å². The van der Waals surface area contributed by atoms with Gasteiger partial charge in [-0.3, -0.25) is 4.79 Å². The SMILES string of the molecule is O=C(CC1(O)CC(F)(F)C1)N[C@@H](CCC(F)F)c1cccc(OC(F)F)c1. The lowest BCUT2D eigenvalue weighted by Gasteiger charge is -2.42. The summed E-state index contributed by atoms with van der Waals surface area (Å²) < 4.78 is 79.9. The monoisotopic (exact) mass is 399 g/mol. The Kier molecular flexibility index (Phi) is 6.61. The van der Waals surface area contributed by atoms with E-state index in [0.29, 0.717) is 0 Å². The predicted molar refractivity (Wildman–Crippen MR) is 82.9 cm³/mol. The Bertz CT molecular complexity index is 647. The maximum absolute atomic E-state index is 12.9. The molecule has 1 aromatic rings. The number of aliphatic hydroxyl groups is 1. The van der Waals surface area contributed by atoms with E-state index in [2.05, 4.69) is 10.1 Å². The van der Waals surface area contributed by atoms with Crippen molar-refractivity contribution in [2.45, 2.75) is 62.7 Å². The first kappa shape index (κ1) is 21.3. The average Bonchev–Trinajstić information content (AvgIpc) is 2.48. The fourth-order valence-electron chi connectivity index (χ4n) is 3.10. The first-order valence-corrected chi connectivity index (χ1v) is 8.20. The number of hydrogen-bond donors (Lipinski definition) is 2. The minimum absolute atomic E-state index is 0.212. The molecule has 0 heterocycles. The van der Waals surface area contributed by atoms with E-state index in [-0.39, 0.29) is 17.7 Å². The lowest BCUT2D eigenvalue weighted by Crippen LogP contribution is -2.54. The molecule has 1 aliphatic carbocycles. The van der Waals surface area contributed by atoms with Gasteiger partial charge in [0.1, 0.15) is 5.75 Å². The molecule has 0 saturated heterocycles. The van der Waals surface area contributed by atoms with Gasteiger partial charge >= 0.3 is 6.61 Å². The number of carbonyl (C=O) groups excluding carboxylic acids is 1. The van der Waals surface area contributed by atoms with Crippen LogP contribution < -0.4 is 10.1 Å². The third-order valence-electron chi connectivity index (χ3n) is 4.16. The van der Waals surface area contributed by atoms with Gasteiger partial charge in [0.15, 0.2) is 0 Å². The summed E-state index contributed by atoms with van der Waals surface area (Å²) in [5.74, 6) is -4.05. The van der Waals surface area contributed by atoms with Crippen LogP contribution in [-0.2, 0) is 4.79 Å². The highest BCUT2D eigenvalue weighted by molar-refractivity contribution is 5.77. The topological polar surface area (TPSA) is 58.6 Å². The molecule has 0 aliphatic heterocycles. The second-order valence-corrected chi connectivity index (χ2v) is 6.65. The summed E-state index contributed by atoms with van der Waals surface area (Å²) in [5, 5.41) is 12.3. The van der Waals surface area contributed by atoms with Crippen LogP contribution in [0, 0.1) is 0 Å². The Balaban J connectivity index is 2.06. The molecule has 1 fully saturated rings. The Hall–Kier alpha value is -1.97. The normalized spacial score (nSPS) is 18.9. The van der Waals surface area contributed by atoms with Crippen molar-refractivity contribution >= 4 is 5.91 Å². The highest BCUT2D eigenvalue weighted by Crippen LogP contribution is 2.47. The van der Waals surface area contributed by atoms with Crippen molar-refractivity contribution in [3.8, 4) is 5.75 Å². The summed E-state index contributed by atoms with van der Waals surface area (Å²) in [4.78, 5) is 12.1. The number of carbonyl (C=O) groups is 1. The fraction of sp³-hybridized carbons (Fsp3) is 0.588. The van der Waals surface area contributed by atoms with Crippen LogP contribution in [0.25, 0.3) is 0 Å². The molecule has 1 amide bonds. The molecule has 152 valence electrons. The molecule has 4 nitrogen and oxygen atoms in total. The second kappa shape index (κ2) is 8.37. The van der Waals surface area contributed by atoms with Gasteiger partial charge < -0.3 is 15.2 Å². The molecule has 2 N–H and O–H groups in total. The summed E-state index contributed by atoms with van der Waals surface area (Å²) in [6.07, 6.45) is -5.76. The van der Waals surface area contributed by atoms with Crippen LogP contribution in [0.1, 0.15) is 43.7 Å². The van der Waals surface area contributed by atoms with Crippen LogP contribution in [0.3, 0.4) is 0 Å². The lowest BCUT2D eigenvalue weighted by atomic mass is 9.74. The van der Waals surface area contributed by atoms with Gasteiger partial charge in [0, 0.05) is 19.3 Å². The van der Waals surface area contributed by atoms with Gasteiger partial charge in [-0.1, -0.05) is 12.1 Å². The maximum Gasteiger partial charge on any atom is 0.387 e. The summed E-state index contributed by atoms with van der Waals surface area (Å²) in [7, 11) is 0. The van der Waals surface area contributed by atoms with Crippen LogP contribution in [0.15, 0.2) is 24.3 Å². The van der Waals surface area contributed by atoms with Gasteiger partial charge in [0.25, 0.3) is 5.92 Å². The third kappa shape index (κ3) is 6.60. The molecular formula is C17H19F6NO3. The molecule has 27 heavy (non-hydrogen) atoms. The smallest absolute Gasteiger partial charge is 0.387 e. The summed E-state index contributed by atoms with van der Waals surface area (Å²) in [5.41, 5.74) is -1.60. The largest absolute Gasteiger partial charge is 0.435 e. The van der Waals surface area contributed by atoms with E-state index in [0.717, 1.165) is 0 Å². The van der Waals surface area contributed by atoms with Crippen LogP contribution in [-0.4, -0.2) is 35.6 Å². The standard InChI is InChI=1S/C17H19F6NO3/c18-13(19)5-4-12(10-2-1-3-11(6-10)27-15(20)21)24-14(25)7-16(26)8-17(22,23)9-16/h1-3,6,12-13,15,26H,4-5,7-9H2,(H,24,25)/t12-/m0/s1. The average molecular weight is 399 g/mol. The minimum Gasteiger partial charge on any atom is -0.435 e. The summed E-state index contributed by atoms with van der Waals surface area (Å²) >= 11 is 0. The van der Waals surface area contributed by atoms with E-state index in [9.17, 15) is 36.2 Å². The Morgan fingerprint density at radius 3 is 2.41 bits per heavy atom. The van der Waals surface area contributed by atoms with Crippen molar-refractivity contribution in [1.82, 2.24) is 5.32 Å². The molecule has 1 atom stereocenters. The second-order valence-electron chi connectivity index (χ2n) is 6.65. The minimum atomic E-state index is -3.08. The highest BCUT2D eigenvalue weighted by Gasteiger charge is 2.56. The molecule has 0 unspecified atom stereocenters. The molecule has 0 bridgehead atoms. The molecule has 0 aromatic heterocycles. The quantitative estimate of drug-likeness (QED) is 0.617. The molecule has 0 spiro atoms. The number of hydrogen-bond acceptors (Lipinski definition) is 3. The van der Waals surface area contributed by atoms with Gasteiger partial charge in [-0.2, -0.15) is 8.78 Å². The van der Waals surface area contributed by atoms with Crippen molar-refractivity contribution in [1.29, 1.82) is 0 Å². The highest BCUT2D eigenvalue weighted by atomic mass is 19.3. The van der Waals surface area contributed by atoms with E-state index in [4.69, 9.17) is 0 Å². The lowest BCUT2D eigenvalue weighted by molar-refractivity contribution is -0.206. The van der Waals surface area contributed by atoms with Gasteiger partial charge in [-0.25, -0.2) is 17.6 Å².